The van der Waals surface area contributed by atoms with Gasteiger partial charge in [0.2, 0.25) is 0 Å². The Morgan fingerprint density at radius 3 is 2.63 bits per heavy atom. The second-order valence-electron chi connectivity index (χ2n) is 4.23. The molecule has 2 aromatic carbocycles. The normalized spacial score (nSPS) is 10.0. The molecule has 1 amide bonds. The van der Waals surface area contributed by atoms with Gasteiger partial charge in [0.1, 0.15) is 5.75 Å². The molecule has 2 aromatic rings. The summed E-state index contributed by atoms with van der Waals surface area (Å²) >= 11 is 0. The molecule has 98 valence electrons. The minimum absolute atomic E-state index is 0.179. The predicted molar refractivity (Wildman–Crippen MR) is 76.5 cm³/mol. The van der Waals surface area contributed by atoms with Gasteiger partial charge in [0.05, 0.1) is 12.8 Å². The lowest BCUT2D eigenvalue weighted by Gasteiger charge is -2.11. The zero-order valence-electron chi connectivity index (χ0n) is 10.9. The van der Waals surface area contributed by atoms with Crippen molar-refractivity contribution >= 4 is 17.3 Å². The Kier molecular flexibility index (Phi) is 3.71. The van der Waals surface area contributed by atoms with Crippen LogP contribution in [0.1, 0.15) is 15.9 Å². The third-order valence-electron chi connectivity index (χ3n) is 2.86. The highest BCUT2D eigenvalue weighted by Gasteiger charge is 2.11. The molecule has 2 rings (SSSR count). The fourth-order valence-electron chi connectivity index (χ4n) is 1.84. The number of amides is 1. The lowest BCUT2D eigenvalue weighted by atomic mass is 10.1. The zero-order chi connectivity index (χ0) is 13.8. The molecule has 4 nitrogen and oxygen atoms in total. The van der Waals surface area contributed by atoms with Crippen LogP contribution in [0, 0.1) is 6.92 Å². The first-order valence-electron chi connectivity index (χ1n) is 5.92. The van der Waals surface area contributed by atoms with Crippen LogP contribution < -0.4 is 15.8 Å². The molecular formula is C15H16N2O2. The molecule has 0 bridgehead atoms. The van der Waals surface area contributed by atoms with Crippen molar-refractivity contribution in [2.24, 2.45) is 0 Å². The largest absolute Gasteiger partial charge is 0.495 e. The standard InChI is InChI=1S/C15H16N2O2/c1-10-5-3-4-6-12(10)15(18)17-13-9-11(16)7-8-14(13)19-2/h3-9H,16H2,1-2H3,(H,17,18). The topological polar surface area (TPSA) is 64.3 Å². The van der Waals surface area contributed by atoms with Gasteiger partial charge in [-0.1, -0.05) is 18.2 Å². The van der Waals surface area contributed by atoms with Crippen molar-refractivity contribution in [2.75, 3.05) is 18.2 Å². The van der Waals surface area contributed by atoms with Crippen LogP contribution in [0.15, 0.2) is 42.5 Å². The summed E-state index contributed by atoms with van der Waals surface area (Å²) < 4.78 is 5.20. The van der Waals surface area contributed by atoms with Crippen molar-refractivity contribution in [3.63, 3.8) is 0 Å². The maximum absolute atomic E-state index is 12.2. The number of rotatable bonds is 3. The molecule has 0 atom stereocenters. The number of aryl methyl sites for hydroxylation is 1. The number of nitrogen functional groups attached to an aromatic ring is 1. The highest BCUT2D eigenvalue weighted by Crippen LogP contribution is 2.27. The highest BCUT2D eigenvalue weighted by atomic mass is 16.5. The number of carbonyl (C=O) groups excluding carboxylic acids is 1. The summed E-state index contributed by atoms with van der Waals surface area (Å²) in [6.07, 6.45) is 0. The van der Waals surface area contributed by atoms with Crippen LogP contribution in [0.5, 0.6) is 5.75 Å². The molecule has 0 heterocycles. The summed E-state index contributed by atoms with van der Waals surface area (Å²) in [5, 5.41) is 2.82. The van der Waals surface area contributed by atoms with Crippen molar-refractivity contribution in [3.05, 3.63) is 53.6 Å². The van der Waals surface area contributed by atoms with Crippen molar-refractivity contribution in [1.29, 1.82) is 0 Å². The lowest BCUT2D eigenvalue weighted by molar-refractivity contribution is 0.102. The molecular weight excluding hydrogens is 240 g/mol. The van der Waals surface area contributed by atoms with E-state index in [1.165, 1.54) is 0 Å². The van der Waals surface area contributed by atoms with Gasteiger partial charge < -0.3 is 15.8 Å². The van der Waals surface area contributed by atoms with Crippen LogP contribution >= 0.6 is 0 Å². The third-order valence-corrected chi connectivity index (χ3v) is 2.86. The molecule has 19 heavy (non-hydrogen) atoms. The summed E-state index contributed by atoms with van der Waals surface area (Å²) in [6, 6.07) is 12.5. The Hall–Kier alpha value is -2.49. The van der Waals surface area contributed by atoms with E-state index < -0.39 is 0 Å². The smallest absolute Gasteiger partial charge is 0.256 e. The SMILES string of the molecule is COc1ccc(N)cc1NC(=O)c1ccccc1C. The molecule has 3 N–H and O–H groups in total. The van der Waals surface area contributed by atoms with Crippen LogP contribution in [0.4, 0.5) is 11.4 Å². The number of benzene rings is 2. The number of hydrogen-bond donors (Lipinski definition) is 2. The molecule has 0 saturated heterocycles. The number of carbonyl (C=O) groups is 1. The Balaban J connectivity index is 2.29. The second-order valence-corrected chi connectivity index (χ2v) is 4.23. The minimum atomic E-state index is -0.179. The van der Waals surface area contributed by atoms with Crippen molar-refractivity contribution < 1.29 is 9.53 Å². The molecule has 0 fully saturated rings. The first kappa shape index (κ1) is 13.0. The maximum atomic E-state index is 12.2. The van der Waals surface area contributed by atoms with Gasteiger partial charge in [-0.3, -0.25) is 4.79 Å². The number of nitrogens with one attached hydrogen (secondary N) is 1. The van der Waals surface area contributed by atoms with E-state index in [9.17, 15) is 4.79 Å². The summed E-state index contributed by atoms with van der Waals surface area (Å²) in [5.41, 5.74) is 8.41. The molecule has 0 saturated carbocycles. The second kappa shape index (κ2) is 5.44. The molecule has 0 spiro atoms. The van der Waals surface area contributed by atoms with Crippen LogP contribution in [0.2, 0.25) is 0 Å². The van der Waals surface area contributed by atoms with Gasteiger partial charge in [0, 0.05) is 11.3 Å². The zero-order valence-corrected chi connectivity index (χ0v) is 10.9. The number of nitrogens with two attached hydrogens (primary N) is 1. The minimum Gasteiger partial charge on any atom is -0.495 e. The van der Waals surface area contributed by atoms with Gasteiger partial charge in [-0.25, -0.2) is 0 Å². The third kappa shape index (κ3) is 2.85. The Morgan fingerprint density at radius 2 is 1.95 bits per heavy atom. The summed E-state index contributed by atoms with van der Waals surface area (Å²) in [6.45, 7) is 1.89. The molecule has 0 aliphatic rings. The Bertz CT molecular complexity index is 609. The van der Waals surface area contributed by atoms with Crippen LogP contribution in [-0.2, 0) is 0 Å². The highest BCUT2D eigenvalue weighted by molar-refractivity contribution is 6.06. The number of anilines is 2. The fourth-order valence-corrected chi connectivity index (χ4v) is 1.84. The Labute approximate surface area is 112 Å². The first-order valence-corrected chi connectivity index (χ1v) is 5.92. The number of hydrogen-bond acceptors (Lipinski definition) is 3. The van der Waals surface area contributed by atoms with Crippen molar-refractivity contribution in [1.82, 2.24) is 0 Å². The van der Waals surface area contributed by atoms with E-state index in [0.29, 0.717) is 22.7 Å². The van der Waals surface area contributed by atoms with E-state index in [0.717, 1.165) is 5.56 Å². The first-order chi connectivity index (χ1) is 9.11. The fraction of sp³-hybridized carbons (Fsp3) is 0.133. The average molecular weight is 256 g/mol. The van der Waals surface area contributed by atoms with Crippen molar-refractivity contribution in [3.8, 4) is 5.75 Å². The van der Waals surface area contributed by atoms with Gasteiger partial charge in [-0.2, -0.15) is 0 Å². The van der Waals surface area contributed by atoms with Gasteiger partial charge in [0.25, 0.3) is 5.91 Å². The van der Waals surface area contributed by atoms with E-state index in [1.807, 2.05) is 25.1 Å². The van der Waals surface area contributed by atoms with Crippen LogP contribution in [0.3, 0.4) is 0 Å². The van der Waals surface area contributed by atoms with Gasteiger partial charge >= 0.3 is 0 Å². The summed E-state index contributed by atoms with van der Waals surface area (Å²) in [7, 11) is 1.55. The van der Waals surface area contributed by atoms with E-state index in [2.05, 4.69) is 5.32 Å². The van der Waals surface area contributed by atoms with E-state index in [-0.39, 0.29) is 5.91 Å². The number of ether oxygens (including phenoxy) is 1. The monoisotopic (exact) mass is 256 g/mol. The summed E-state index contributed by atoms with van der Waals surface area (Å²) in [4.78, 5) is 12.2. The quantitative estimate of drug-likeness (QED) is 0.830. The predicted octanol–water partition coefficient (Wildman–Crippen LogP) is 2.84. The van der Waals surface area contributed by atoms with Crippen LogP contribution in [-0.4, -0.2) is 13.0 Å². The molecule has 0 unspecified atom stereocenters. The van der Waals surface area contributed by atoms with Crippen molar-refractivity contribution in [2.45, 2.75) is 6.92 Å². The molecule has 4 heteroatoms. The lowest BCUT2D eigenvalue weighted by Crippen LogP contribution is -2.14. The Morgan fingerprint density at radius 1 is 1.21 bits per heavy atom. The van der Waals surface area contributed by atoms with Gasteiger partial charge in [-0.15, -0.1) is 0 Å². The van der Waals surface area contributed by atoms with Gasteiger partial charge in [0.15, 0.2) is 0 Å². The average Bonchev–Trinajstić information content (AvgIpc) is 2.39. The number of methoxy groups -OCH3 is 1. The van der Waals surface area contributed by atoms with Gasteiger partial charge in [-0.05, 0) is 36.8 Å². The van der Waals surface area contributed by atoms with E-state index in [4.69, 9.17) is 10.5 Å². The van der Waals surface area contributed by atoms with E-state index in [1.54, 1.807) is 31.4 Å². The maximum Gasteiger partial charge on any atom is 0.256 e. The molecule has 0 aromatic heterocycles. The molecule has 0 aliphatic carbocycles. The molecule has 0 radical (unpaired) electrons. The molecule has 0 aliphatic heterocycles. The van der Waals surface area contributed by atoms with Crippen LogP contribution in [0.25, 0.3) is 0 Å². The summed E-state index contributed by atoms with van der Waals surface area (Å²) in [5.74, 6) is 0.401. The van der Waals surface area contributed by atoms with E-state index >= 15 is 0 Å².